The van der Waals surface area contributed by atoms with E-state index >= 15 is 0 Å². The molecule has 0 saturated carbocycles. The summed E-state index contributed by atoms with van der Waals surface area (Å²) in [6, 6.07) is 21.8. The van der Waals surface area contributed by atoms with Crippen LogP contribution in [-0.2, 0) is 11.3 Å². The third-order valence-corrected chi connectivity index (χ3v) is 6.43. The third kappa shape index (κ3) is 4.21. The number of hydrogen-bond acceptors (Lipinski definition) is 6. The molecule has 2 aliphatic heterocycles. The van der Waals surface area contributed by atoms with Gasteiger partial charge >= 0.3 is 12.4 Å². The van der Waals surface area contributed by atoms with Crippen molar-refractivity contribution >= 4 is 10.8 Å². The molecule has 6 rings (SSSR count). The Balaban J connectivity index is 1.14. The Labute approximate surface area is 211 Å². The second-order valence-corrected chi connectivity index (χ2v) is 8.92. The topological polar surface area (TPSA) is 106 Å². The molecule has 4 N–H and O–H groups in total. The second-order valence-electron chi connectivity index (χ2n) is 8.92. The number of hydrazine groups is 2. The Kier molecular flexibility index (Phi) is 5.37. The smallest absolute Gasteiger partial charge is 0.426 e. The van der Waals surface area contributed by atoms with Gasteiger partial charge in [0.15, 0.2) is 0 Å². The first-order valence-electron chi connectivity index (χ1n) is 11.3. The van der Waals surface area contributed by atoms with Gasteiger partial charge in [-0.1, -0.05) is 36.4 Å². The quantitative estimate of drug-likeness (QED) is 0.177. The molecule has 12 heteroatoms. The average molecular weight is 532 g/mol. The fraction of sp³-hybridized carbons (Fsp3) is 0.154. The lowest BCUT2D eigenvalue weighted by molar-refractivity contribution is -0.166. The van der Waals surface area contributed by atoms with Gasteiger partial charge in [-0.15, -0.1) is 0 Å². The average Bonchev–Trinajstić information content (AvgIpc) is 3.78. The van der Waals surface area contributed by atoms with Gasteiger partial charge in [-0.25, -0.2) is 21.7 Å². The minimum absolute atomic E-state index is 0.0266. The van der Waals surface area contributed by atoms with E-state index in [4.69, 9.17) is 9.47 Å². The predicted molar refractivity (Wildman–Crippen MR) is 125 cm³/mol. The molecule has 0 radical (unpaired) electrons. The molecule has 2 aliphatic rings. The Morgan fingerprint density at radius 3 is 1.05 bits per heavy atom. The van der Waals surface area contributed by atoms with Gasteiger partial charge in [0.05, 0.1) is 0 Å². The van der Waals surface area contributed by atoms with Crippen molar-refractivity contribution in [1.29, 1.82) is 0 Å². The zero-order valence-electron chi connectivity index (χ0n) is 19.2. The summed E-state index contributed by atoms with van der Waals surface area (Å²) in [5, 5.41) is 1.64. The number of benzene rings is 4. The van der Waals surface area contributed by atoms with Gasteiger partial charge in [0.1, 0.15) is 23.0 Å². The first-order valence-corrected chi connectivity index (χ1v) is 11.3. The van der Waals surface area contributed by atoms with E-state index in [-0.39, 0.29) is 11.1 Å². The number of ether oxygens (including phenoxy) is 2. The molecule has 0 atom stereocenters. The Hall–Kier alpha value is -3.84. The van der Waals surface area contributed by atoms with Gasteiger partial charge in [-0.05, 0) is 70.4 Å². The predicted octanol–water partition coefficient (Wildman–Crippen LogP) is 6.07. The summed E-state index contributed by atoms with van der Waals surface area (Å²) in [4.78, 5) is 0. The molecule has 0 aliphatic carbocycles. The number of hydrogen-bond donors (Lipinski definition) is 4. The van der Waals surface area contributed by atoms with Crippen LogP contribution in [0.2, 0.25) is 0 Å². The number of nitrogens with one attached hydrogen (secondary N) is 4. The van der Waals surface area contributed by atoms with Crippen LogP contribution in [0.1, 0.15) is 11.1 Å². The van der Waals surface area contributed by atoms with Crippen LogP contribution in [0.4, 0.5) is 26.3 Å². The summed E-state index contributed by atoms with van der Waals surface area (Å²) in [5.41, 5.74) is 4.22. The van der Waals surface area contributed by atoms with Crippen molar-refractivity contribution in [2.75, 3.05) is 0 Å². The number of fused-ring (bicyclic) bond motifs is 1. The molecule has 0 spiro atoms. The van der Waals surface area contributed by atoms with Gasteiger partial charge < -0.3 is 9.47 Å². The van der Waals surface area contributed by atoms with E-state index in [0.29, 0.717) is 23.0 Å². The van der Waals surface area contributed by atoms with Crippen molar-refractivity contribution in [1.82, 2.24) is 21.7 Å². The first-order chi connectivity index (χ1) is 18.0. The fourth-order valence-electron chi connectivity index (χ4n) is 4.17. The van der Waals surface area contributed by atoms with Crippen molar-refractivity contribution in [2.45, 2.75) is 23.7 Å². The summed E-state index contributed by atoms with van der Waals surface area (Å²) in [7, 11) is 0. The van der Waals surface area contributed by atoms with Crippen molar-refractivity contribution in [3.8, 4) is 23.0 Å². The molecule has 0 aromatic heterocycles. The molecule has 196 valence electrons. The molecular weight excluding hydrogens is 514 g/mol. The summed E-state index contributed by atoms with van der Waals surface area (Å²) in [6.07, 6.45) is -8.97. The highest BCUT2D eigenvalue weighted by molar-refractivity contribution is 5.85. The maximum atomic E-state index is 13.2. The highest BCUT2D eigenvalue weighted by atomic mass is 19.4. The molecular formula is C26H18F6N4O2. The molecule has 0 amide bonds. The fourth-order valence-corrected chi connectivity index (χ4v) is 4.17. The van der Waals surface area contributed by atoms with Gasteiger partial charge in [0.25, 0.3) is 0 Å². The Bertz CT molecular complexity index is 1380. The van der Waals surface area contributed by atoms with Crippen LogP contribution < -0.4 is 31.2 Å². The molecule has 38 heavy (non-hydrogen) atoms. The Morgan fingerprint density at radius 1 is 0.447 bits per heavy atom. The van der Waals surface area contributed by atoms with E-state index in [1.54, 1.807) is 36.4 Å². The molecule has 0 unspecified atom stereocenters. The van der Waals surface area contributed by atoms with Crippen molar-refractivity contribution in [2.24, 2.45) is 0 Å². The van der Waals surface area contributed by atoms with Gasteiger partial charge in [0, 0.05) is 0 Å². The van der Waals surface area contributed by atoms with Crippen LogP contribution >= 0.6 is 0 Å². The standard InChI is InChI=1S/C26H18F6N4O2/c27-25(28,29)23(33-34-23)17-3-9-19(10-4-17)37-21-7-1-15-13-22(8-2-16(15)14-21)38-20-11-5-18(6-12-20)24(35-36-24)26(30,31)32/h1-14,33-36H. The van der Waals surface area contributed by atoms with E-state index in [9.17, 15) is 26.3 Å². The maximum absolute atomic E-state index is 13.2. The van der Waals surface area contributed by atoms with Crippen LogP contribution in [0.15, 0.2) is 84.9 Å². The monoisotopic (exact) mass is 532 g/mol. The lowest BCUT2D eigenvalue weighted by Crippen LogP contribution is -2.34. The molecule has 2 saturated heterocycles. The van der Waals surface area contributed by atoms with E-state index in [1.807, 2.05) is 0 Å². The minimum Gasteiger partial charge on any atom is -0.457 e. The summed E-state index contributed by atoms with van der Waals surface area (Å²) < 4.78 is 90.9. The van der Waals surface area contributed by atoms with Crippen LogP contribution in [0.3, 0.4) is 0 Å². The molecule has 2 heterocycles. The van der Waals surface area contributed by atoms with Crippen molar-refractivity contribution < 1.29 is 35.8 Å². The van der Waals surface area contributed by atoms with E-state index in [1.165, 1.54) is 48.5 Å². The zero-order chi connectivity index (χ0) is 26.8. The molecule has 4 aromatic rings. The molecule has 0 bridgehead atoms. The zero-order valence-corrected chi connectivity index (χ0v) is 19.2. The summed E-state index contributed by atoms with van der Waals surface area (Å²) in [6.45, 7) is 0. The van der Waals surface area contributed by atoms with E-state index in [2.05, 4.69) is 21.7 Å². The van der Waals surface area contributed by atoms with E-state index < -0.39 is 23.7 Å². The van der Waals surface area contributed by atoms with Gasteiger partial charge in [-0.2, -0.15) is 26.3 Å². The SMILES string of the molecule is FC(F)(F)C1(c2ccc(Oc3ccc4cc(Oc5ccc(C6(C(F)(F)F)NN6)cc5)ccc4c3)cc2)NN1. The van der Waals surface area contributed by atoms with Gasteiger partial charge in [-0.3, -0.25) is 0 Å². The second kappa shape index (κ2) is 8.33. The Morgan fingerprint density at radius 2 is 0.763 bits per heavy atom. The first kappa shape index (κ1) is 24.5. The number of halogens is 6. The summed E-state index contributed by atoms with van der Waals surface area (Å²) >= 11 is 0. The lowest BCUT2D eigenvalue weighted by Gasteiger charge is -2.16. The number of rotatable bonds is 6. The maximum Gasteiger partial charge on any atom is 0.426 e. The molecule has 2 fully saturated rings. The van der Waals surface area contributed by atoms with Crippen molar-refractivity contribution in [3.05, 3.63) is 96.1 Å². The van der Waals surface area contributed by atoms with Crippen LogP contribution in [0.25, 0.3) is 10.8 Å². The van der Waals surface area contributed by atoms with E-state index in [0.717, 1.165) is 10.8 Å². The highest BCUT2D eigenvalue weighted by Gasteiger charge is 2.66. The largest absolute Gasteiger partial charge is 0.457 e. The lowest BCUT2D eigenvalue weighted by atomic mass is 10.0. The molecule has 6 nitrogen and oxygen atoms in total. The van der Waals surface area contributed by atoms with Crippen molar-refractivity contribution in [3.63, 3.8) is 0 Å². The summed E-state index contributed by atoms with van der Waals surface area (Å²) in [5.74, 6) is 1.73. The number of alkyl halides is 6. The third-order valence-electron chi connectivity index (χ3n) is 6.43. The normalized spacial score (nSPS) is 17.7. The molecule has 4 aromatic carbocycles. The van der Waals surface area contributed by atoms with Crippen LogP contribution in [0, 0.1) is 0 Å². The highest BCUT2D eigenvalue weighted by Crippen LogP contribution is 2.44. The minimum atomic E-state index is -4.48. The van der Waals surface area contributed by atoms with Gasteiger partial charge in [0.2, 0.25) is 11.3 Å². The van der Waals surface area contributed by atoms with Crippen LogP contribution in [-0.4, -0.2) is 12.4 Å². The van der Waals surface area contributed by atoms with Crippen LogP contribution in [0.5, 0.6) is 23.0 Å².